The standard InChI is InChI=1S/C24H26N4O2S2/c1-19-12-15-28(16-13-19)32(29,30)22-11-5-10-21(17-22)23-18-31-24(26-23)27-25-14-6-9-20-7-3-2-4-8-20/h2-11,14,17-19H,12-13,15-16H2,1H3,(H,26,27). The van der Waals surface area contributed by atoms with Crippen molar-refractivity contribution in [1.82, 2.24) is 9.29 Å². The molecule has 0 saturated carbocycles. The van der Waals surface area contributed by atoms with Crippen LogP contribution in [0.3, 0.4) is 0 Å². The lowest BCUT2D eigenvalue weighted by Gasteiger charge is -2.29. The summed E-state index contributed by atoms with van der Waals surface area (Å²) < 4.78 is 27.7. The van der Waals surface area contributed by atoms with Gasteiger partial charge in [-0.15, -0.1) is 11.3 Å². The number of benzene rings is 2. The second kappa shape index (κ2) is 10.2. The number of sulfonamides is 1. The first-order valence-electron chi connectivity index (χ1n) is 10.6. The molecule has 1 aromatic heterocycles. The summed E-state index contributed by atoms with van der Waals surface area (Å²) >= 11 is 1.42. The van der Waals surface area contributed by atoms with Gasteiger partial charge in [0.2, 0.25) is 15.2 Å². The Bertz CT molecular complexity index is 1200. The molecule has 4 rings (SSSR count). The number of thiazole rings is 1. The van der Waals surface area contributed by atoms with Crippen LogP contribution in [-0.2, 0) is 10.0 Å². The lowest BCUT2D eigenvalue weighted by Crippen LogP contribution is -2.37. The molecule has 0 radical (unpaired) electrons. The van der Waals surface area contributed by atoms with Gasteiger partial charge in [-0.1, -0.05) is 55.5 Å². The molecule has 1 aliphatic heterocycles. The van der Waals surface area contributed by atoms with Crippen molar-refractivity contribution < 1.29 is 8.42 Å². The van der Waals surface area contributed by atoms with E-state index in [0.717, 1.165) is 29.7 Å². The van der Waals surface area contributed by atoms with Crippen LogP contribution in [0.2, 0.25) is 0 Å². The minimum Gasteiger partial charge on any atom is -0.253 e. The highest BCUT2D eigenvalue weighted by atomic mass is 32.2. The molecule has 2 aromatic carbocycles. The van der Waals surface area contributed by atoms with Crippen molar-refractivity contribution in [3.8, 4) is 11.3 Å². The van der Waals surface area contributed by atoms with Gasteiger partial charge in [0.25, 0.3) is 0 Å². The van der Waals surface area contributed by atoms with Crippen LogP contribution in [0.4, 0.5) is 5.13 Å². The number of piperidine rings is 1. The Kier molecular flexibility index (Phi) is 7.14. The molecule has 1 N–H and O–H groups in total. The molecular formula is C24H26N4O2S2. The molecule has 166 valence electrons. The van der Waals surface area contributed by atoms with E-state index in [1.165, 1.54) is 11.3 Å². The lowest BCUT2D eigenvalue weighted by atomic mass is 10.0. The SMILES string of the molecule is CC1CCN(S(=O)(=O)c2cccc(-c3csc(NN=CC=Cc4ccccc4)n3)c2)CC1. The Hall–Kier alpha value is -2.81. The molecule has 32 heavy (non-hydrogen) atoms. The summed E-state index contributed by atoms with van der Waals surface area (Å²) in [5.41, 5.74) is 5.51. The number of nitrogens with zero attached hydrogens (tertiary/aromatic N) is 3. The van der Waals surface area contributed by atoms with Gasteiger partial charge >= 0.3 is 0 Å². The average Bonchev–Trinajstić information content (AvgIpc) is 3.29. The molecule has 0 amide bonds. The van der Waals surface area contributed by atoms with E-state index < -0.39 is 10.0 Å². The number of allylic oxidation sites excluding steroid dienone is 1. The van der Waals surface area contributed by atoms with E-state index >= 15 is 0 Å². The minimum absolute atomic E-state index is 0.316. The predicted molar refractivity (Wildman–Crippen MR) is 132 cm³/mol. The third kappa shape index (κ3) is 5.51. The summed E-state index contributed by atoms with van der Waals surface area (Å²) in [4.78, 5) is 4.86. The molecule has 1 fully saturated rings. The predicted octanol–water partition coefficient (Wildman–Crippen LogP) is 5.34. The van der Waals surface area contributed by atoms with Crippen LogP contribution in [0.5, 0.6) is 0 Å². The van der Waals surface area contributed by atoms with Crippen molar-refractivity contribution in [2.75, 3.05) is 18.5 Å². The van der Waals surface area contributed by atoms with Crippen molar-refractivity contribution in [2.24, 2.45) is 11.0 Å². The molecule has 0 bridgehead atoms. The molecule has 6 nitrogen and oxygen atoms in total. The Labute approximate surface area is 193 Å². The van der Waals surface area contributed by atoms with E-state index in [4.69, 9.17) is 0 Å². The van der Waals surface area contributed by atoms with Crippen LogP contribution in [0.25, 0.3) is 17.3 Å². The third-order valence-corrected chi connectivity index (χ3v) is 8.06. The summed E-state index contributed by atoms with van der Waals surface area (Å²) in [6.07, 6.45) is 7.29. The highest BCUT2D eigenvalue weighted by Gasteiger charge is 2.28. The highest BCUT2D eigenvalue weighted by molar-refractivity contribution is 7.89. The zero-order chi connectivity index (χ0) is 22.4. The topological polar surface area (TPSA) is 74.7 Å². The van der Waals surface area contributed by atoms with E-state index in [-0.39, 0.29) is 0 Å². The van der Waals surface area contributed by atoms with Crippen LogP contribution < -0.4 is 5.43 Å². The number of hydrogen-bond acceptors (Lipinski definition) is 6. The Morgan fingerprint density at radius 1 is 1.12 bits per heavy atom. The number of hydrogen-bond donors (Lipinski definition) is 1. The van der Waals surface area contributed by atoms with Crippen LogP contribution in [0.15, 0.2) is 76.1 Å². The fourth-order valence-electron chi connectivity index (χ4n) is 3.50. The highest BCUT2D eigenvalue weighted by Crippen LogP contribution is 2.29. The van der Waals surface area contributed by atoms with Crippen LogP contribution >= 0.6 is 11.3 Å². The van der Waals surface area contributed by atoms with Gasteiger partial charge in [-0.2, -0.15) is 9.41 Å². The van der Waals surface area contributed by atoms with Crippen molar-refractivity contribution in [3.63, 3.8) is 0 Å². The van der Waals surface area contributed by atoms with Crippen molar-refractivity contribution in [2.45, 2.75) is 24.7 Å². The molecule has 3 aromatic rings. The molecule has 0 aliphatic carbocycles. The van der Waals surface area contributed by atoms with E-state index in [1.807, 2.05) is 53.9 Å². The van der Waals surface area contributed by atoms with Gasteiger partial charge in [0, 0.05) is 30.2 Å². The Morgan fingerprint density at radius 2 is 1.91 bits per heavy atom. The summed E-state index contributed by atoms with van der Waals surface area (Å²) in [6, 6.07) is 17.0. The first-order valence-corrected chi connectivity index (χ1v) is 12.9. The average molecular weight is 467 g/mol. The van der Waals surface area contributed by atoms with E-state index in [2.05, 4.69) is 22.4 Å². The van der Waals surface area contributed by atoms with E-state index in [1.54, 1.807) is 28.7 Å². The second-order valence-corrected chi connectivity index (χ2v) is 10.6. The van der Waals surface area contributed by atoms with Crippen LogP contribution in [0.1, 0.15) is 25.3 Å². The molecule has 1 saturated heterocycles. The van der Waals surface area contributed by atoms with Gasteiger partial charge < -0.3 is 0 Å². The molecule has 8 heteroatoms. The zero-order valence-electron chi connectivity index (χ0n) is 17.9. The normalized spacial score (nSPS) is 16.2. The smallest absolute Gasteiger partial charge is 0.243 e. The largest absolute Gasteiger partial charge is 0.253 e. The van der Waals surface area contributed by atoms with Gasteiger partial charge in [-0.3, -0.25) is 5.43 Å². The molecule has 2 heterocycles. The van der Waals surface area contributed by atoms with Gasteiger partial charge in [-0.25, -0.2) is 13.4 Å². The number of anilines is 1. The maximum Gasteiger partial charge on any atom is 0.243 e. The quantitative estimate of drug-likeness (QED) is 0.377. The number of hydrazone groups is 1. The van der Waals surface area contributed by atoms with Gasteiger partial charge in [0.15, 0.2) is 0 Å². The fraction of sp³-hybridized carbons (Fsp3) is 0.250. The van der Waals surface area contributed by atoms with E-state index in [9.17, 15) is 8.42 Å². The first kappa shape index (κ1) is 22.4. The lowest BCUT2D eigenvalue weighted by molar-refractivity contribution is 0.288. The molecule has 0 unspecified atom stereocenters. The number of rotatable bonds is 7. The van der Waals surface area contributed by atoms with Crippen LogP contribution in [-0.4, -0.2) is 37.0 Å². The molecule has 0 atom stereocenters. The molecule has 0 spiro atoms. The monoisotopic (exact) mass is 466 g/mol. The Morgan fingerprint density at radius 3 is 2.69 bits per heavy atom. The minimum atomic E-state index is -3.49. The van der Waals surface area contributed by atoms with Crippen molar-refractivity contribution in [1.29, 1.82) is 0 Å². The summed E-state index contributed by atoms with van der Waals surface area (Å²) in [6.45, 7) is 3.33. The summed E-state index contributed by atoms with van der Waals surface area (Å²) in [5, 5.41) is 6.71. The third-order valence-electron chi connectivity index (χ3n) is 5.42. The molecule has 1 aliphatic rings. The van der Waals surface area contributed by atoms with Gasteiger partial charge in [0.05, 0.1) is 10.6 Å². The maximum absolute atomic E-state index is 13.1. The first-order chi connectivity index (χ1) is 15.5. The van der Waals surface area contributed by atoms with Gasteiger partial charge in [0.1, 0.15) is 0 Å². The maximum atomic E-state index is 13.1. The number of aromatic nitrogens is 1. The van der Waals surface area contributed by atoms with E-state index in [0.29, 0.717) is 29.0 Å². The van der Waals surface area contributed by atoms with Gasteiger partial charge in [-0.05, 0) is 42.5 Å². The number of nitrogens with one attached hydrogen (secondary N) is 1. The molecular weight excluding hydrogens is 440 g/mol. The Balaban J connectivity index is 1.42. The van der Waals surface area contributed by atoms with Crippen LogP contribution in [0, 0.1) is 5.92 Å². The second-order valence-electron chi connectivity index (χ2n) is 7.81. The summed E-state index contributed by atoms with van der Waals surface area (Å²) in [7, 11) is -3.49. The fourth-order valence-corrected chi connectivity index (χ4v) is 5.69. The summed E-state index contributed by atoms with van der Waals surface area (Å²) in [5.74, 6) is 0.574. The van der Waals surface area contributed by atoms with Crippen molar-refractivity contribution in [3.05, 3.63) is 71.6 Å². The zero-order valence-corrected chi connectivity index (χ0v) is 19.5. The van der Waals surface area contributed by atoms with Crippen molar-refractivity contribution >= 4 is 38.8 Å².